The number of hydrogen-bond donors (Lipinski definition) is 1. The van der Waals surface area contributed by atoms with Gasteiger partial charge in [0.05, 0.1) is 6.20 Å². The van der Waals surface area contributed by atoms with Gasteiger partial charge in [0.25, 0.3) is 0 Å². The van der Waals surface area contributed by atoms with E-state index < -0.39 is 0 Å². The van der Waals surface area contributed by atoms with Crippen LogP contribution in [0.1, 0.15) is 18.4 Å². The van der Waals surface area contributed by atoms with Gasteiger partial charge in [-0.1, -0.05) is 0 Å². The fourth-order valence-corrected chi connectivity index (χ4v) is 4.08. The predicted molar refractivity (Wildman–Crippen MR) is 102 cm³/mol. The molecule has 4 bridgehead atoms. The topological polar surface area (TPSA) is 54.7 Å². The van der Waals surface area contributed by atoms with Crippen molar-refractivity contribution in [1.29, 1.82) is 0 Å². The number of nitrogens with one attached hydrogen (secondary N) is 1. The lowest BCUT2D eigenvalue weighted by molar-refractivity contribution is 0.197. The number of ether oxygens (including phenoxy) is 1. The van der Waals surface area contributed by atoms with Gasteiger partial charge in [0.2, 0.25) is 0 Å². The molecule has 27 heavy (non-hydrogen) atoms. The van der Waals surface area contributed by atoms with Gasteiger partial charge in [0.15, 0.2) is 17.2 Å². The van der Waals surface area contributed by atoms with E-state index in [0.717, 1.165) is 48.6 Å². The van der Waals surface area contributed by atoms with Gasteiger partial charge in [0, 0.05) is 30.9 Å². The van der Waals surface area contributed by atoms with Crippen molar-refractivity contribution in [2.24, 2.45) is 0 Å². The molecule has 2 aliphatic rings. The van der Waals surface area contributed by atoms with Crippen LogP contribution in [-0.2, 0) is 0 Å². The second kappa shape index (κ2) is 6.49. The molecule has 3 aromatic rings. The Labute approximate surface area is 157 Å². The fourth-order valence-electron chi connectivity index (χ4n) is 4.08. The zero-order valence-electron chi connectivity index (χ0n) is 15.3. The maximum atomic E-state index is 14.6. The molecule has 2 aromatic heterocycles. The van der Waals surface area contributed by atoms with Crippen molar-refractivity contribution in [2.45, 2.75) is 25.8 Å². The van der Waals surface area contributed by atoms with Gasteiger partial charge < -0.3 is 10.1 Å². The molecule has 0 unspecified atom stereocenters. The van der Waals surface area contributed by atoms with Gasteiger partial charge in [-0.3, -0.25) is 4.90 Å². The van der Waals surface area contributed by atoms with Crippen molar-refractivity contribution in [3.05, 3.63) is 42.0 Å². The van der Waals surface area contributed by atoms with Crippen molar-refractivity contribution < 1.29 is 9.13 Å². The number of nitrogens with zero attached hydrogens (tertiary/aromatic N) is 4. The highest BCUT2D eigenvalue weighted by molar-refractivity contribution is 5.79. The number of rotatable bonds is 0. The van der Waals surface area contributed by atoms with E-state index in [9.17, 15) is 4.39 Å². The summed E-state index contributed by atoms with van der Waals surface area (Å²) < 4.78 is 22.2. The van der Waals surface area contributed by atoms with Crippen LogP contribution in [0.2, 0.25) is 0 Å². The highest BCUT2D eigenvalue weighted by Gasteiger charge is 2.25. The maximum absolute atomic E-state index is 14.6. The van der Waals surface area contributed by atoms with Crippen LogP contribution in [0.5, 0.6) is 5.75 Å². The molecule has 1 saturated heterocycles. The standard InChI is InChI=1S/C20H22FN5O/c1-13-9-14-10-17(19(13)21)27-8-7-25-5-2-3-15(25)11-22-18-4-6-26-20(24-18)16(14)12-23-26/h4,6,9-10,12,15H,2-3,5,7-8,11H2,1H3,(H,22,24)/t15-/m0/s1. The summed E-state index contributed by atoms with van der Waals surface area (Å²) in [7, 11) is 0. The van der Waals surface area contributed by atoms with Crippen LogP contribution in [0.15, 0.2) is 30.6 Å². The third kappa shape index (κ3) is 2.92. The lowest BCUT2D eigenvalue weighted by Gasteiger charge is -2.25. The molecule has 2 aliphatic heterocycles. The van der Waals surface area contributed by atoms with Gasteiger partial charge in [-0.2, -0.15) is 5.10 Å². The number of benzene rings is 1. The number of hydrogen-bond acceptors (Lipinski definition) is 5. The summed E-state index contributed by atoms with van der Waals surface area (Å²) in [4.78, 5) is 7.17. The Morgan fingerprint density at radius 2 is 2.22 bits per heavy atom. The SMILES string of the molecule is Cc1cc2cc(c1F)OCCN1CCC[C@H]1CNc1ccn3ncc-2c3n1. The Bertz CT molecular complexity index is 1000. The number of aryl methyl sites for hydroxylation is 1. The van der Waals surface area contributed by atoms with Gasteiger partial charge in [-0.15, -0.1) is 0 Å². The number of anilines is 1. The summed E-state index contributed by atoms with van der Waals surface area (Å²) in [6.07, 6.45) is 6.00. The van der Waals surface area contributed by atoms with Crippen LogP contribution >= 0.6 is 0 Å². The molecule has 4 heterocycles. The van der Waals surface area contributed by atoms with E-state index in [1.807, 2.05) is 18.3 Å². The average Bonchev–Trinajstić information content (AvgIpc) is 3.29. The number of halogens is 1. The molecule has 0 amide bonds. The van der Waals surface area contributed by atoms with Crippen molar-refractivity contribution in [1.82, 2.24) is 19.5 Å². The average molecular weight is 367 g/mol. The summed E-state index contributed by atoms with van der Waals surface area (Å²) in [5.41, 5.74) is 3.03. The lowest BCUT2D eigenvalue weighted by Crippen LogP contribution is -2.37. The summed E-state index contributed by atoms with van der Waals surface area (Å²) in [5, 5.41) is 7.87. The molecule has 7 heteroatoms. The van der Waals surface area contributed by atoms with Crippen LogP contribution in [-0.4, -0.2) is 51.8 Å². The van der Waals surface area contributed by atoms with Crippen LogP contribution < -0.4 is 10.1 Å². The monoisotopic (exact) mass is 367 g/mol. The van der Waals surface area contributed by atoms with E-state index in [1.165, 1.54) is 6.42 Å². The second-order valence-corrected chi connectivity index (χ2v) is 7.31. The normalized spacial score (nSPS) is 20.1. The van der Waals surface area contributed by atoms with E-state index in [0.29, 0.717) is 24.0 Å². The smallest absolute Gasteiger partial charge is 0.168 e. The van der Waals surface area contributed by atoms with Crippen LogP contribution in [0.25, 0.3) is 16.8 Å². The van der Waals surface area contributed by atoms with E-state index in [2.05, 4.69) is 15.3 Å². The van der Waals surface area contributed by atoms with E-state index in [4.69, 9.17) is 9.72 Å². The Hall–Kier alpha value is -2.67. The number of fused-ring (bicyclic) bond motifs is 5. The largest absolute Gasteiger partial charge is 0.489 e. The number of aromatic nitrogens is 3. The maximum Gasteiger partial charge on any atom is 0.168 e. The zero-order valence-corrected chi connectivity index (χ0v) is 15.3. The first-order valence-corrected chi connectivity index (χ1v) is 9.45. The lowest BCUT2D eigenvalue weighted by atomic mass is 10.0. The molecule has 5 rings (SSSR count). The van der Waals surface area contributed by atoms with Gasteiger partial charge in [-0.05, 0) is 55.6 Å². The Morgan fingerprint density at radius 3 is 3.15 bits per heavy atom. The quantitative estimate of drug-likeness (QED) is 0.662. The molecule has 0 spiro atoms. The third-order valence-corrected chi connectivity index (χ3v) is 5.56. The highest BCUT2D eigenvalue weighted by Crippen LogP contribution is 2.32. The molecule has 0 radical (unpaired) electrons. The Balaban J connectivity index is 1.64. The van der Waals surface area contributed by atoms with Crippen LogP contribution in [0.4, 0.5) is 10.2 Å². The Morgan fingerprint density at radius 1 is 1.30 bits per heavy atom. The molecule has 140 valence electrons. The Kier molecular flexibility index (Phi) is 3.97. The molecule has 1 N–H and O–H groups in total. The van der Waals surface area contributed by atoms with E-state index in [-0.39, 0.29) is 5.82 Å². The summed E-state index contributed by atoms with van der Waals surface area (Å²) in [6.45, 7) is 4.92. The first kappa shape index (κ1) is 16.5. The van der Waals surface area contributed by atoms with Gasteiger partial charge in [-0.25, -0.2) is 13.9 Å². The molecule has 0 aliphatic carbocycles. The van der Waals surface area contributed by atoms with Crippen molar-refractivity contribution in [3.63, 3.8) is 0 Å². The van der Waals surface area contributed by atoms with Crippen molar-refractivity contribution in [2.75, 3.05) is 31.6 Å². The minimum absolute atomic E-state index is 0.296. The predicted octanol–water partition coefficient (Wildman–Crippen LogP) is 3.11. The minimum Gasteiger partial charge on any atom is -0.489 e. The second-order valence-electron chi connectivity index (χ2n) is 7.31. The molecule has 0 saturated carbocycles. The van der Waals surface area contributed by atoms with Crippen molar-refractivity contribution >= 4 is 11.5 Å². The molecule has 6 nitrogen and oxygen atoms in total. The first-order chi connectivity index (χ1) is 13.2. The van der Waals surface area contributed by atoms with E-state index >= 15 is 0 Å². The van der Waals surface area contributed by atoms with E-state index in [1.54, 1.807) is 23.7 Å². The van der Waals surface area contributed by atoms with Crippen molar-refractivity contribution in [3.8, 4) is 16.9 Å². The molecule has 1 aromatic carbocycles. The molecular formula is C20H22FN5O. The molecular weight excluding hydrogens is 345 g/mol. The molecule has 1 fully saturated rings. The van der Waals surface area contributed by atoms with Crippen LogP contribution in [0.3, 0.4) is 0 Å². The highest BCUT2D eigenvalue weighted by atomic mass is 19.1. The van der Waals surface area contributed by atoms with Crippen LogP contribution in [0, 0.1) is 12.7 Å². The minimum atomic E-state index is -0.296. The molecule has 1 atom stereocenters. The summed E-state index contributed by atoms with van der Waals surface area (Å²) in [5.74, 6) is 0.838. The van der Waals surface area contributed by atoms with Gasteiger partial charge >= 0.3 is 0 Å². The zero-order chi connectivity index (χ0) is 18.4. The fraction of sp³-hybridized carbons (Fsp3) is 0.400. The van der Waals surface area contributed by atoms with Gasteiger partial charge in [0.1, 0.15) is 12.4 Å². The first-order valence-electron chi connectivity index (χ1n) is 9.45. The summed E-state index contributed by atoms with van der Waals surface area (Å²) in [6, 6.07) is 5.97. The third-order valence-electron chi connectivity index (χ3n) is 5.56. The summed E-state index contributed by atoms with van der Waals surface area (Å²) >= 11 is 0.